The standard InChI is InChI=1S/C23H22ClN3O3/c1-29-16-10-8-15(9-11-16)23(12-13-23)22(28)27-14-4-7-19(27)21-25-20(26-30-21)17-5-2-3-6-18(17)24/h2-3,5-6,8-11,19H,4,7,12-14H2,1H3/t19-/m1/s1. The number of carbonyl (C=O) groups is 1. The second-order valence-corrected chi connectivity index (χ2v) is 8.31. The molecule has 2 fully saturated rings. The van der Waals surface area contributed by atoms with E-state index >= 15 is 0 Å². The Morgan fingerprint density at radius 2 is 1.97 bits per heavy atom. The first-order valence-electron chi connectivity index (χ1n) is 10.2. The lowest BCUT2D eigenvalue weighted by Gasteiger charge is -2.27. The summed E-state index contributed by atoms with van der Waals surface area (Å²) in [5.74, 6) is 1.86. The molecule has 2 aliphatic rings. The molecule has 1 saturated carbocycles. The molecule has 6 nitrogen and oxygen atoms in total. The Labute approximate surface area is 179 Å². The van der Waals surface area contributed by atoms with E-state index in [4.69, 9.17) is 20.9 Å². The molecule has 1 aliphatic heterocycles. The number of amides is 1. The van der Waals surface area contributed by atoms with Gasteiger partial charge in [0.15, 0.2) is 0 Å². The molecular weight excluding hydrogens is 402 g/mol. The maximum atomic E-state index is 13.6. The van der Waals surface area contributed by atoms with Gasteiger partial charge < -0.3 is 14.2 Å². The van der Waals surface area contributed by atoms with Crippen molar-refractivity contribution >= 4 is 17.5 Å². The van der Waals surface area contributed by atoms with Crippen molar-refractivity contribution in [1.29, 1.82) is 0 Å². The summed E-state index contributed by atoms with van der Waals surface area (Å²) in [4.78, 5) is 20.1. The average molecular weight is 424 g/mol. The quantitative estimate of drug-likeness (QED) is 0.590. The molecule has 30 heavy (non-hydrogen) atoms. The van der Waals surface area contributed by atoms with E-state index in [1.54, 1.807) is 13.2 Å². The van der Waals surface area contributed by atoms with Crippen molar-refractivity contribution in [3.05, 3.63) is 65.0 Å². The van der Waals surface area contributed by atoms with Crippen LogP contribution in [0.3, 0.4) is 0 Å². The molecule has 1 amide bonds. The fourth-order valence-electron chi connectivity index (χ4n) is 4.32. The number of ether oxygens (including phenoxy) is 1. The Balaban J connectivity index is 1.40. The van der Waals surface area contributed by atoms with Crippen LogP contribution in [-0.2, 0) is 10.2 Å². The molecule has 0 bridgehead atoms. The number of aromatic nitrogens is 2. The Hall–Kier alpha value is -2.86. The first-order chi connectivity index (χ1) is 14.6. The van der Waals surface area contributed by atoms with E-state index in [1.165, 1.54) is 0 Å². The van der Waals surface area contributed by atoms with Crippen LogP contribution < -0.4 is 4.74 Å². The first kappa shape index (κ1) is 19.1. The minimum atomic E-state index is -0.444. The zero-order valence-corrected chi connectivity index (χ0v) is 17.4. The van der Waals surface area contributed by atoms with E-state index in [1.807, 2.05) is 47.4 Å². The summed E-state index contributed by atoms with van der Waals surface area (Å²) in [6.07, 6.45) is 3.44. The van der Waals surface area contributed by atoms with E-state index in [-0.39, 0.29) is 11.9 Å². The van der Waals surface area contributed by atoms with Crippen LogP contribution >= 0.6 is 11.6 Å². The summed E-state index contributed by atoms with van der Waals surface area (Å²) in [6, 6.07) is 15.0. The average Bonchev–Trinajstić information content (AvgIpc) is 3.20. The fourth-order valence-corrected chi connectivity index (χ4v) is 4.55. The summed E-state index contributed by atoms with van der Waals surface area (Å²) in [6.45, 7) is 0.700. The third-order valence-corrected chi connectivity index (χ3v) is 6.49. The monoisotopic (exact) mass is 423 g/mol. The van der Waals surface area contributed by atoms with Crippen molar-refractivity contribution in [3.63, 3.8) is 0 Å². The van der Waals surface area contributed by atoms with Gasteiger partial charge in [0.2, 0.25) is 17.6 Å². The van der Waals surface area contributed by atoms with Crippen LogP contribution in [0.25, 0.3) is 11.4 Å². The van der Waals surface area contributed by atoms with Gasteiger partial charge in [0, 0.05) is 12.1 Å². The highest BCUT2D eigenvalue weighted by Crippen LogP contribution is 2.51. The zero-order valence-electron chi connectivity index (χ0n) is 16.7. The van der Waals surface area contributed by atoms with Gasteiger partial charge >= 0.3 is 0 Å². The Bertz CT molecular complexity index is 1080. The fraction of sp³-hybridized carbons (Fsp3) is 0.348. The molecule has 0 spiro atoms. The molecular formula is C23H22ClN3O3. The zero-order chi connectivity index (χ0) is 20.7. The maximum Gasteiger partial charge on any atom is 0.249 e. The molecule has 0 N–H and O–H groups in total. The maximum absolute atomic E-state index is 13.6. The molecule has 0 radical (unpaired) electrons. The van der Waals surface area contributed by atoms with Crippen molar-refractivity contribution in [3.8, 4) is 17.1 Å². The van der Waals surface area contributed by atoms with E-state index in [9.17, 15) is 4.79 Å². The molecule has 7 heteroatoms. The predicted octanol–water partition coefficient (Wildman–Crippen LogP) is 4.79. The molecule has 1 atom stereocenters. The van der Waals surface area contributed by atoms with E-state index in [0.29, 0.717) is 23.3 Å². The number of halogens is 1. The highest BCUT2D eigenvalue weighted by molar-refractivity contribution is 6.33. The minimum absolute atomic E-state index is 0.146. The van der Waals surface area contributed by atoms with Crippen LogP contribution in [0.4, 0.5) is 0 Å². The topological polar surface area (TPSA) is 68.5 Å². The van der Waals surface area contributed by atoms with Crippen LogP contribution in [0.5, 0.6) is 5.75 Å². The number of hydrogen-bond acceptors (Lipinski definition) is 5. The summed E-state index contributed by atoms with van der Waals surface area (Å²) in [5, 5.41) is 4.69. The second-order valence-electron chi connectivity index (χ2n) is 7.90. The summed E-state index contributed by atoms with van der Waals surface area (Å²) in [7, 11) is 1.64. The predicted molar refractivity (Wildman–Crippen MR) is 112 cm³/mol. The van der Waals surface area contributed by atoms with Gasteiger partial charge in [0.05, 0.1) is 17.5 Å². The number of likely N-dealkylation sites (tertiary alicyclic amines) is 1. The van der Waals surface area contributed by atoms with Crippen LogP contribution in [0.2, 0.25) is 5.02 Å². The van der Waals surface area contributed by atoms with E-state index in [2.05, 4.69) is 10.1 Å². The molecule has 5 rings (SSSR count). The smallest absolute Gasteiger partial charge is 0.249 e. The molecule has 1 aliphatic carbocycles. The van der Waals surface area contributed by atoms with Crippen molar-refractivity contribution in [2.24, 2.45) is 0 Å². The van der Waals surface area contributed by atoms with E-state index in [0.717, 1.165) is 42.6 Å². The lowest BCUT2D eigenvalue weighted by atomic mass is 9.94. The SMILES string of the molecule is COc1ccc(C2(C(=O)N3CCC[C@@H]3c3nc(-c4ccccc4Cl)no3)CC2)cc1. The third kappa shape index (κ3) is 3.16. The molecule has 0 unspecified atom stereocenters. The third-order valence-electron chi connectivity index (χ3n) is 6.16. The largest absolute Gasteiger partial charge is 0.497 e. The van der Waals surface area contributed by atoms with Gasteiger partial charge in [-0.2, -0.15) is 4.98 Å². The lowest BCUT2D eigenvalue weighted by Crippen LogP contribution is -2.39. The number of hydrogen-bond donors (Lipinski definition) is 0. The van der Waals surface area contributed by atoms with Gasteiger partial charge in [0.25, 0.3) is 0 Å². The molecule has 3 aromatic rings. The number of methoxy groups -OCH3 is 1. The van der Waals surface area contributed by atoms with Crippen LogP contribution in [0, 0.1) is 0 Å². The highest BCUT2D eigenvalue weighted by Gasteiger charge is 2.55. The van der Waals surface area contributed by atoms with Crippen LogP contribution in [0.15, 0.2) is 53.1 Å². The van der Waals surface area contributed by atoms with Crippen molar-refractivity contribution in [1.82, 2.24) is 15.0 Å². The lowest BCUT2D eigenvalue weighted by molar-refractivity contribution is -0.135. The van der Waals surface area contributed by atoms with Gasteiger partial charge in [-0.1, -0.05) is 41.0 Å². The summed E-state index contributed by atoms with van der Waals surface area (Å²) in [5.41, 5.74) is 1.32. The van der Waals surface area contributed by atoms with Crippen LogP contribution in [-0.4, -0.2) is 34.6 Å². The molecule has 2 heterocycles. The molecule has 154 valence electrons. The molecule has 1 saturated heterocycles. The molecule has 2 aromatic carbocycles. The Morgan fingerprint density at radius 3 is 2.67 bits per heavy atom. The minimum Gasteiger partial charge on any atom is -0.497 e. The second kappa shape index (κ2) is 7.43. The van der Waals surface area contributed by atoms with Gasteiger partial charge in [-0.05, 0) is 55.5 Å². The Morgan fingerprint density at radius 1 is 1.20 bits per heavy atom. The van der Waals surface area contributed by atoms with Crippen molar-refractivity contribution in [2.75, 3.05) is 13.7 Å². The Kier molecular flexibility index (Phi) is 4.74. The van der Waals surface area contributed by atoms with Gasteiger partial charge in [-0.3, -0.25) is 4.79 Å². The van der Waals surface area contributed by atoms with Crippen LogP contribution in [0.1, 0.15) is 43.2 Å². The van der Waals surface area contributed by atoms with Crippen molar-refractivity contribution < 1.29 is 14.1 Å². The number of carbonyl (C=O) groups excluding carboxylic acids is 1. The van der Waals surface area contributed by atoms with Gasteiger partial charge in [0.1, 0.15) is 11.8 Å². The summed E-state index contributed by atoms with van der Waals surface area (Å²) < 4.78 is 10.8. The van der Waals surface area contributed by atoms with Crippen molar-refractivity contribution in [2.45, 2.75) is 37.1 Å². The highest BCUT2D eigenvalue weighted by atomic mass is 35.5. The first-order valence-corrected chi connectivity index (χ1v) is 10.5. The number of nitrogens with zero attached hydrogens (tertiary/aromatic N) is 3. The van der Waals surface area contributed by atoms with Gasteiger partial charge in [-0.15, -0.1) is 0 Å². The normalized spacial score (nSPS) is 19.7. The molecule has 1 aromatic heterocycles. The number of benzene rings is 2. The number of rotatable bonds is 5. The van der Waals surface area contributed by atoms with E-state index < -0.39 is 5.41 Å². The van der Waals surface area contributed by atoms with Gasteiger partial charge in [-0.25, -0.2) is 0 Å². The summed E-state index contributed by atoms with van der Waals surface area (Å²) >= 11 is 6.27.